The molecule has 1 N–H and O–H groups in total. The summed E-state index contributed by atoms with van der Waals surface area (Å²) in [6.07, 6.45) is -0.476. The monoisotopic (exact) mass is 484 g/mol. The summed E-state index contributed by atoms with van der Waals surface area (Å²) in [5, 5.41) is 8.54. The second kappa shape index (κ2) is 19.0. The highest BCUT2D eigenvalue weighted by atomic mass is 35.5. The Balaban J connectivity index is 0.000000485. The Kier molecular flexibility index (Phi) is 17.4. The molecular formula is C23H26Cl2O7. The van der Waals surface area contributed by atoms with Crippen LogP contribution in [0.25, 0.3) is 0 Å². The van der Waals surface area contributed by atoms with E-state index in [0.29, 0.717) is 0 Å². The van der Waals surface area contributed by atoms with Gasteiger partial charge in [-0.15, -0.1) is 23.2 Å². The van der Waals surface area contributed by atoms with Gasteiger partial charge in [-0.05, 0) is 11.1 Å². The number of methoxy groups -OCH3 is 1. The number of halogens is 2. The molecule has 0 bridgehead atoms. The molecule has 0 radical (unpaired) electrons. The van der Waals surface area contributed by atoms with Gasteiger partial charge in [-0.25, -0.2) is 0 Å². The lowest BCUT2D eigenvalue weighted by Crippen LogP contribution is -2.11. The normalized spacial score (nSPS) is 9.25. The Morgan fingerprint density at radius 3 is 1.56 bits per heavy atom. The summed E-state index contributed by atoms with van der Waals surface area (Å²) in [6, 6.07) is 18.8. The standard InChI is InChI=1S/C11H11ClO3.C7H8O.C5H7ClO3/c12-7-10(13)6-11(14)15-8-9-4-2-1-3-5-9;8-6-7-4-2-1-3-5-7;1-9-5(8)2-4(7)3-6/h1-5H,6-8H2;1-5,8H,6H2;2-3H2,1H3. The number of aliphatic hydroxyl groups excluding tert-OH is 1. The van der Waals surface area contributed by atoms with E-state index in [-0.39, 0.29) is 49.4 Å². The first kappa shape index (κ1) is 29.3. The lowest BCUT2D eigenvalue weighted by molar-refractivity contribution is -0.147. The third kappa shape index (κ3) is 16.0. The Hall–Kier alpha value is -2.74. The van der Waals surface area contributed by atoms with E-state index in [1.165, 1.54) is 7.11 Å². The second-order valence-corrected chi connectivity index (χ2v) is 6.60. The van der Waals surface area contributed by atoms with Crippen LogP contribution >= 0.6 is 23.2 Å². The number of Topliss-reactive ketones (excluding diaryl/α,β-unsaturated/α-hetero) is 2. The first-order valence-corrected chi connectivity index (χ1v) is 10.5. The van der Waals surface area contributed by atoms with E-state index >= 15 is 0 Å². The molecule has 0 heterocycles. The van der Waals surface area contributed by atoms with Crippen LogP contribution in [-0.4, -0.2) is 47.5 Å². The van der Waals surface area contributed by atoms with Crippen LogP contribution in [0, 0.1) is 0 Å². The lowest BCUT2D eigenvalue weighted by atomic mass is 10.2. The maximum absolute atomic E-state index is 11.1. The number of alkyl halides is 2. The Bertz CT molecular complexity index is 798. The van der Waals surface area contributed by atoms with Gasteiger partial charge >= 0.3 is 11.9 Å². The number of rotatable bonds is 9. The summed E-state index contributed by atoms with van der Waals surface area (Å²) < 4.78 is 9.09. The summed E-state index contributed by atoms with van der Waals surface area (Å²) in [4.78, 5) is 42.5. The van der Waals surface area contributed by atoms with Crippen LogP contribution in [0.1, 0.15) is 24.0 Å². The van der Waals surface area contributed by atoms with E-state index in [1.54, 1.807) is 0 Å². The van der Waals surface area contributed by atoms with Gasteiger partial charge in [0.2, 0.25) is 0 Å². The predicted octanol–water partition coefficient (Wildman–Crippen LogP) is 3.46. The number of hydrogen-bond donors (Lipinski definition) is 1. The minimum Gasteiger partial charge on any atom is -0.469 e. The summed E-state index contributed by atoms with van der Waals surface area (Å²) in [5.74, 6) is -2.00. The van der Waals surface area contributed by atoms with E-state index in [1.807, 2.05) is 60.7 Å². The lowest BCUT2D eigenvalue weighted by Gasteiger charge is -2.03. The molecule has 2 aromatic carbocycles. The predicted molar refractivity (Wildman–Crippen MR) is 121 cm³/mol. The van der Waals surface area contributed by atoms with Gasteiger partial charge in [-0.1, -0.05) is 60.7 Å². The maximum Gasteiger partial charge on any atom is 0.313 e. The van der Waals surface area contributed by atoms with Crippen molar-refractivity contribution in [3.63, 3.8) is 0 Å². The van der Waals surface area contributed by atoms with Gasteiger partial charge in [-0.2, -0.15) is 0 Å². The molecule has 9 heteroatoms. The fraction of sp³-hybridized carbons (Fsp3) is 0.304. The van der Waals surface area contributed by atoms with Gasteiger partial charge in [0.1, 0.15) is 19.4 Å². The molecule has 0 aliphatic carbocycles. The first-order valence-electron chi connectivity index (χ1n) is 9.42. The van der Waals surface area contributed by atoms with Crippen molar-refractivity contribution in [2.75, 3.05) is 18.9 Å². The van der Waals surface area contributed by atoms with E-state index in [9.17, 15) is 19.2 Å². The van der Waals surface area contributed by atoms with Crippen molar-refractivity contribution in [1.82, 2.24) is 0 Å². The second-order valence-electron chi connectivity index (χ2n) is 6.06. The van der Waals surface area contributed by atoms with Gasteiger partial charge in [0.15, 0.2) is 11.6 Å². The molecule has 0 saturated carbocycles. The fourth-order valence-corrected chi connectivity index (χ4v) is 2.05. The summed E-state index contributed by atoms with van der Waals surface area (Å²) >= 11 is 10.4. The van der Waals surface area contributed by atoms with Crippen LogP contribution < -0.4 is 0 Å². The number of aliphatic hydroxyl groups is 1. The van der Waals surface area contributed by atoms with Gasteiger partial charge in [0.25, 0.3) is 0 Å². The molecule has 2 aromatic rings. The van der Waals surface area contributed by atoms with E-state index in [0.717, 1.165) is 11.1 Å². The van der Waals surface area contributed by atoms with E-state index < -0.39 is 11.9 Å². The fourth-order valence-electron chi connectivity index (χ4n) is 1.86. The Morgan fingerprint density at radius 1 is 0.750 bits per heavy atom. The number of ketones is 2. The van der Waals surface area contributed by atoms with Crippen molar-refractivity contribution in [2.45, 2.75) is 26.1 Å². The molecule has 0 atom stereocenters. The molecule has 0 amide bonds. The molecule has 7 nitrogen and oxygen atoms in total. The molecule has 0 unspecified atom stereocenters. The number of carbonyl (C=O) groups excluding carboxylic acids is 4. The van der Waals surface area contributed by atoms with Gasteiger partial charge < -0.3 is 14.6 Å². The van der Waals surface area contributed by atoms with Crippen LogP contribution in [0.4, 0.5) is 0 Å². The van der Waals surface area contributed by atoms with Gasteiger partial charge in [0, 0.05) is 0 Å². The van der Waals surface area contributed by atoms with Crippen LogP contribution in [0.3, 0.4) is 0 Å². The van der Waals surface area contributed by atoms with Crippen molar-refractivity contribution >= 4 is 46.7 Å². The van der Waals surface area contributed by atoms with Gasteiger partial charge in [0.05, 0.1) is 25.5 Å². The largest absolute Gasteiger partial charge is 0.469 e. The van der Waals surface area contributed by atoms with Crippen molar-refractivity contribution in [3.8, 4) is 0 Å². The highest BCUT2D eigenvalue weighted by molar-refractivity contribution is 6.29. The van der Waals surface area contributed by atoms with Crippen molar-refractivity contribution in [1.29, 1.82) is 0 Å². The van der Waals surface area contributed by atoms with Crippen molar-refractivity contribution < 1.29 is 33.8 Å². The van der Waals surface area contributed by atoms with Crippen molar-refractivity contribution in [2.24, 2.45) is 0 Å². The highest BCUT2D eigenvalue weighted by Crippen LogP contribution is 2.02. The minimum absolute atomic E-state index is 0.130. The number of esters is 2. The van der Waals surface area contributed by atoms with Crippen LogP contribution in [0.2, 0.25) is 0 Å². The summed E-state index contributed by atoms with van der Waals surface area (Å²) in [7, 11) is 1.23. The van der Waals surface area contributed by atoms with E-state index in [4.69, 9.17) is 33.0 Å². The number of carbonyl (C=O) groups is 4. The zero-order valence-corrected chi connectivity index (χ0v) is 19.2. The average Bonchev–Trinajstić information content (AvgIpc) is 2.84. The summed E-state index contributed by atoms with van der Waals surface area (Å²) in [6.45, 7) is 0.329. The molecule has 0 aliphatic heterocycles. The highest BCUT2D eigenvalue weighted by Gasteiger charge is 2.09. The zero-order chi connectivity index (χ0) is 24.2. The third-order valence-corrected chi connectivity index (χ3v) is 4.07. The summed E-state index contributed by atoms with van der Waals surface area (Å²) in [5.41, 5.74) is 1.86. The van der Waals surface area contributed by atoms with E-state index in [2.05, 4.69) is 4.74 Å². The molecule has 0 aliphatic rings. The average molecular weight is 485 g/mol. The minimum atomic E-state index is -0.541. The number of benzene rings is 2. The Morgan fingerprint density at radius 2 is 1.19 bits per heavy atom. The molecule has 0 fully saturated rings. The topological polar surface area (TPSA) is 107 Å². The molecule has 2 rings (SSSR count). The van der Waals surface area contributed by atoms with Crippen LogP contribution in [-0.2, 0) is 41.9 Å². The SMILES string of the molecule is COC(=O)CC(=O)CCl.O=C(CCl)CC(=O)OCc1ccccc1.OCc1ccccc1. The molecular weight excluding hydrogens is 459 g/mol. The molecule has 0 spiro atoms. The Labute approximate surface area is 197 Å². The molecule has 0 aromatic heterocycles. The van der Waals surface area contributed by atoms with Crippen molar-refractivity contribution in [3.05, 3.63) is 71.8 Å². The number of ether oxygens (including phenoxy) is 2. The maximum atomic E-state index is 11.1. The van der Waals surface area contributed by atoms with Crippen LogP contribution in [0.15, 0.2) is 60.7 Å². The van der Waals surface area contributed by atoms with Crippen LogP contribution in [0.5, 0.6) is 0 Å². The third-order valence-electron chi connectivity index (χ3n) is 3.48. The molecule has 174 valence electrons. The quantitative estimate of drug-likeness (QED) is 0.329. The zero-order valence-electron chi connectivity index (χ0n) is 17.7. The molecule has 0 saturated heterocycles. The smallest absolute Gasteiger partial charge is 0.313 e. The first-order chi connectivity index (χ1) is 15.4. The van der Waals surface area contributed by atoms with Gasteiger partial charge in [-0.3, -0.25) is 19.2 Å². The number of hydrogen-bond acceptors (Lipinski definition) is 7. The molecule has 32 heavy (non-hydrogen) atoms.